The SMILES string of the molecule is O=C(NCCCc1ccccc1)c1cn([C@H]2C[C@H](O)[C@@H](COP(=O)(O)OP(=O)(O)OP(=O)(O)O)O2)c(=O)[nH]c1=O. The average Bonchev–Trinajstić information content (AvgIpc) is 3.19. The molecule has 1 aliphatic rings. The molecule has 2 unspecified atom stereocenters. The van der Waals surface area contributed by atoms with Crippen LogP contribution in [0.3, 0.4) is 0 Å². The van der Waals surface area contributed by atoms with Crippen LogP contribution in [0.2, 0.25) is 0 Å². The van der Waals surface area contributed by atoms with Crippen LogP contribution in [0.15, 0.2) is 46.1 Å². The van der Waals surface area contributed by atoms with E-state index in [1.165, 1.54) is 0 Å². The predicted octanol–water partition coefficient (Wildman–Crippen LogP) is -0.109. The Bertz CT molecular complexity index is 1460. The van der Waals surface area contributed by atoms with Gasteiger partial charge in [0.2, 0.25) is 0 Å². The van der Waals surface area contributed by atoms with Gasteiger partial charge in [-0.05, 0) is 18.4 Å². The van der Waals surface area contributed by atoms with Crippen LogP contribution in [0, 0.1) is 0 Å². The van der Waals surface area contributed by atoms with Crippen LogP contribution in [-0.4, -0.2) is 65.5 Å². The molecule has 1 aromatic carbocycles. The van der Waals surface area contributed by atoms with Gasteiger partial charge in [-0.25, -0.2) is 18.5 Å². The van der Waals surface area contributed by atoms with Gasteiger partial charge in [0, 0.05) is 19.2 Å². The van der Waals surface area contributed by atoms with E-state index >= 15 is 0 Å². The summed E-state index contributed by atoms with van der Waals surface area (Å²) in [6.07, 6.45) is -2.28. The number of benzene rings is 1. The molecular formula is C19H26N3O15P3. The zero-order chi connectivity index (χ0) is 29.7. The third-order valence-corrected chi connectivity index (χ3v) is 9.12. The maximum absolute atomic E-state index is 12.6. The standard InChI is InChI=1S/C19H26N3O15P3/c23-14-9-16(35-15(14)11-34-39(30,31)37-40(32,33)36-38(27,28)29)22-10-13(18(25)21-19(22)26)17(24)20-8-4-7-12-5-2-1-3-6-12/h1-3,5-6,10,14-16,23H,4,7-9,11H2,(H,20,24)(H,30,31)(H,32,33)(H,21,25,26)(H2,27,28,29)/t14-,15+,16+/m0/s1. The van der Waals surface area contributed by atoms with Crippen molar-refractivity contribution in [2.45, 2.75) is 37.7 Å². The number of aryl methyl sites for hydroxylation is 1. The van der Waals surface area contributed by atoms with Crippen LogP contribution < -0.4 is 16.6 Å². The number of hydrogen-bond acceptors (Lipinski definition) is 11. The molecule has 1 aliphatic heterocycles. The Morgan fingerprint density at radius 2 is 1.75 bits per heavy atom. The Labute approximate surface area is 225 Å². The molecule has 0 bridgehead atoms. The lowest BCUT2D eigenvalue weighted by atomic mass is 10.1. The topological polar surface area (TPSA) is 273 Å². The molecule has 21 heteroatoms. The number of aliphatic hydroxyl groups excluding tert-OH is 1. The van der Waals surface area contributed by atoms with E-state index < -0.39 is 71.2 Å². The number of ether oxygens (including phenoxy) is 1. The normalized spacial score (nSPS) is 22.4. The molecular weight excluding hydrogens is 603 g/mol. The van der Waals surface area contributed by atoms with Crippen molar-refractivity contribution in [3.63, 3.8) is 0 Å². The van der Waals surface area contributed by atoms with Crippen LogP contribution in [0.4, 0.5) is 0 Å². The highest BCUT2D eigenvalue weighted by molar-refractivity contribution is 7.66. The summed E-state index contributed by atoms with van der Waals surface area (Å²) in [6.45, 7) is -0.734. The largest absolute Gasteiger partial charge is 0.490 e. The maximum Gasteiger partial charge on any atom is 0.490 e. The number of nitrogens with zero attached hydrogens (tertiary/aromatic N) is 1. The third kappa shape index (κ3) is 9.66. The van der Waals surface area contributed by atoms with E-state index in [4.69, 9.17) is 14.5 Å². The molecule has 1 fully saturated rings. The number of phosphoric ester groups is 1. The van der Waals surface area contributed by atoms with Crippen LogP contribution >= 0.6 is 23.5 Å². The first kappa shape index (κ1) is 32.2. The van der Waals surface area contributed by atoms with Gasteiger partial charge >= 0.3 is 29.2 Å². The second kappa shape index (κ2) is 13.1. The van der Waals surface area contributed by atoms with Crippen molar-refractivity contribution >= 4 is 29.4 Å². The third-order valence-electron chi connectivity index (χ3n) is 5.32. The van der Waals surface area contributed by atoms with E-state index in [1.807, 2.05) is 35.3 Å². The summed E-state index contributed by atoms with van der Waals surface area (Å²) in [6, 6.07) is 9.48. The molecule has 0 saturated carbocycles. The minimum Gasteiger partial charge on any atom is -0.390 e. The molecule has 2 aromatic rings. The summed E-state index contributed by atoms with van der Waals surface area (Å²) in [5, 5.41) is 12.8. The molecule has 0 radical (unpaired) electrons. The number of carbonyl (C=O) groups excluding carboxylic acids is 1. The van der Waals surface area contributed by atoms with Crippen molar-refractivity contribution in [3.05, 3.63) is 68.5 Å². The molecule has 1 saturated heterocycles. The Kier molecular flexibility index (Phi) is 10.6. The van der Waals surface area contributed by atoms with Crippen LogP contribution in [0.25, 0.3) is 0 Å². The maximum atomic E-state index is 12.6. The van der Waals surface area contributed by atoms with E-state index in [0.29, 0.717) is 12.8 Å². The minimum atomic E-state index is -5.75. The van der Waals surface area contributed by atoms with Crippen molar-refractivity contribution in [1.29, 1.82) is 0 Å². The molecule has 3 rings (SSSR count). The van der Waals surface area contributed by atoms with E-state index in [9.17, 15) is 43.0 Å². The van der Waals surface area contributed by atoms with Gasteiger partial charge in [-0.1, -0.05) is 30.3 Å². The molecule has 5 atom stereocenters. The Morgan fingerprint density at radius 1 is 1.07 bits per heavy atom. The van der Waals surface area contributed by atoms with Gasteiger partial charge in [-0.15, -0.1) is 0 Å². The molecule has 1 aromatic heterocycles. The van der Waals surface area contributed by atoms with Gasteiger partial charge in [0.25, 0.3) is 11.5 Å². The summed E-state index contributed by atoms with van der Waals surface area (Å²) < 4.78 is 51.9. The summed E-state index contributed by atoms with van der Waals surface area (Å²) in [7, 11) is -16.8. The van der Waals surface area contributed by atoms with Crippen molar-refractivity contribution < 1.29 is 61.1 Å². The fourth-order valence-corrected chi connectivity index (χ4v) is 6.63. The van der Waals surface area contributed by atoms with E-state index in [2.05, 4.69) is 18.5 Å². The summed E-state index contributed by atoms with van der Waals surface area (Å²) >= 11 is 0. The molecule has 0 aliphatic carbocycles. The first-order valence-electron chi connectivity index (χ1n) is 11.3. The molecule has 0 spiro atoms. The number of aromatic amines is 1. The summed E-state index contributed by atoms with van der Waals surface area (Å²) in [4.78, 5) is 75.0. The first-order chi connectivity index (χ1) is 18.6. The Morgan fingerprint density at radius 3 is 2.40 bits per heavy atom. The van der Waals surface area contributed by atoms with Gasteiger partial charge in [0.1, 0.15) is 17.9 Å². The van der Waals surface area contributed by atoms with Gasteiger partial charge in [-0.3, -0.25) is 23.7 Å². The number of aliphatic hydroxyl groups is 1. The first-order valence-corrected chi connectivity index (χ1v) is 15.9. The van der Waals surface area contributed by atoms with Crippen molar-refractivity contribution in [3.8, 4) is 0 Å². The number of hydrogen-bond donors (Lipinski definition) is 7. The number of phosphoric acid groups is 3. The van der Waals surface area contributed by atoms with Crippen LogP contribution in [-0.2, 0) is 38.0 Å². The zero-order valence-electron chi connectivity index (χ0n) is 20.3. The number of nitrogens with one attached hydrogen (secondary N) is 2. The summed E-state index contributed by atoms with van der Waals surface area (Å²) in [5.74, 6) is -0.772. The number of amides is 1. The van der Waals surface area contributed by atoms with Gasteiger partial charge < -0.3 is 34.7 Å². The molecule has 1 amide bonds. The van der Waals surface area contributed by atoms with E-state index in [1.54, 1.807) is 0 Å². The highest BCUT2D eigenvalue weighted by Gasteiger charge is 2.43. The van der Waals surface area contributed by atoms with Gasteiger partial charge in [-0.2, -0.15) is 8.62 Å². The van der Waals surface area contributed by atoms with Crippen molar-refractivity contribution in [1.82, 2.24) is 14.9 Å². The number of H-pyrrole nitrogens is 1. The van der Waals surface area contributed by atoms with E-state index in [0.717, 1.165) is 16.3 Å². The molecule has 18 nitrogen and oxygen atoms in total. The van der Waals surface area contributed by atoms with Crippen LogP contribution in [0.5, 0.6) is 0 Å². The highest BCUT2D eigenvalue weighted by atomic mass is 31.3. The molecule has 40 heavy (non-hydrogen) atoms. The quantitative estimate of drug-likeness (QED) is 0.112. The lowest BCUT2D eigenvalue weighted by Crippen LogP contribution is -2.38. The lowest BCUT2D eigenvalue weighted by molar-refractivity contribution is -0.0450. The van der Waals surface area contributed by atoms with E-state index in [-0.39, 0.29) is 13.0 Å². The fraction of sp³-hybridized carbons (Fsp3) is 0.421. The molecule has 7 N–H and O–H groups in total. The fourth-order valence-electron chi connectivity index (χ4n) is 3.60. The average molecular weight is 629 g/mol. The number of carbonyl (C=O) groups is 1. The highest BCUT2D eigenvalue weighted by Crippen LogP contribution is 2.66. The van der Waals surface area contributed by atoms with Crippen LogP contribution in [0.1, 0.15) is 35.0 Å². The van der Waals surface area contributed by atoms with Gasteiger partial charge in [0.15, 0.2) is 0 Å². The van der Waals surface area contributed by atoms with Gasteiger partial charge in [0.05, 0.1) is 12.7 Å². The predicted molar refractivity (Wildman–Crippen MR) is 133 cm³/mol. The second-order valence-electron chi connectivity index (χ2n) is 8.37. The lowest BCUT2D eigenvalue weighted by Gasteiger charge is -2.19. The van der Waals surface area contributed by atoms with Crippen molar-refractivity contribution in [2.24, 2.45) is 0 Å². The summed E-state index contributed by atoms with van der Waals surface area (Å²) in [5.41, 5.74) is -1.32. The Hall–Kier alpha value is -2.30. The Balaban J connectivity index is 1.61. The molecule has 222 valence electrons. The number of rotatable bonds is 13. The number of aromatic nitrogens is 2. The monoisotopic (exact) mass is 629 g/mol. The molecule has 2 heterocycles. The van der Waals surface area contributed by atoms with Crippen molar-refractivity contribution in [2.75, 3.05) is 13.2 Å². The smallest absolute Gasteiger partial charge is 0.390 e. The second-order valence-corrected chi connectivity index (χ2v) is 12.8. The zero-order valence-corrected chi connectivity index (χ0v) is 23.0. The minimum absolute atomic E-state index is 0.230.